The predicted octanol–water partition coefficient (Wildman–Crippen LogP) is 3.08. The lowest BCUT2D eigenvalue weighted by Crippen LogP contribution is -1.73. The molecular formula is C7H6Cl2. The molecule has 1 rings (SSSR count). The monoisotopic (exact) mass is 164 g/mol. The summed E-state index contributed by atoms with van der Waals surface area (Å²) in [5.74, 6) is -0.0490. The van der Waals surface area contributed by atoms with E-state index in [-0.39, 0.29) is 40.6 Å². The lowest BCUT2D eigenvalue weighted by atomic mass is 10.2. The molecule has 0 spiro atoms. The minimum absolute atomic E-state index is 0.0490. The van der Waals surface area contributed by atoms with E-state index in [9.17, 15) is 0 Å². The highest BCUT2D eigenvalue weighted by molar-refractivity contribution is 6.30. The molecule has 0 saturated carbocycles. The first-order valence-corrected chi connectivity index (χ1v) is 3.22. The van der Waals surface area contributed by atoms with E-state index in [2.05, 4.69) is 0 Å². The quantitative estimate of drug-likeness (QED) is 0.561. The van der Waals surface area contributed by atoms with Gasteiger partial charge in [-0.1, -0.05) is 23.7 Å². The number of hydrogen-bond acceptors (Lipinski definition) is 0. The van der Waals surface area contributed by atoms with Gasteiger partial charge in [0.15, 0.2) is 0 Å². The first-order chi connectivity index (χ1) is 6.00. The average molecular weight is 165 g/mol. The van der Waals surface area contributed by atoms with Crippen molar-refractivity contribution < 1.29 is 5.48 Å². The second-order valence-electron chi connectivity index (χ2n) is 1.43. The van der Waals surface area contributed by atoms with E-state index in [0.29, 0.717) is 0 Å². The van der Waals surface area contributed by atoms with E-state index in [4.69, 9.17) is 28.7 Å². The highest BCUT2D eigenvalue weighted by atomic mass is 35.5. The topological polar surface area (TPSA) is 0 Å². The smallest absolute Gasteiger partial charge is 0.0639 e. The van der Waals surface area contributed by atoms with E-state index < -0.39 is 0 Å². The highest BCUT2D eigenvalue weighted by Crippen LogP contribution is 2.10. The van der Waals surface area contributed by atoms with Gasteiger partial charge >= 0.3 is 0 Å². The summed E-state index contributed by atoms with van der Waals surface area (Å²) in [5.41, 5.74) is 0.182. The third kappa shape index (κ3) is 1.88. The fraction of sp³-hybridized carbons (Fsp3) is 0.143. The summed E-state index contributed by atoms with van der Waals surface area (Å²) in [5, 5.41) is -0.163. The first kappa shape index (κ1) is 3.27. The van der Waals surface area contributed by atoms with E-state index in [1.54, 1.807) is 0 Å². The molecule has 0 radical (unpaired) electrons. The molecule has 1 aromatic carbocycles. The predicted molar refractivity (Wildman–Crippen MR) is 41.0 cm³/mol. The van der Waals surface area contributed by atoms with Crippen LogP contribution in [-0.4, -0.2) is 0 Å². The Hall–Kier alpha value is -0.200. The molecule has 9 heavy (non-hydrogen) atoms. The molecule has 0 aliphatic heterocycles. The maximum absolute atomic E-state index is 7.41. The lowest BCUT2D eigenvalue weighted by molar-refractivity contribution is 1.40. The Morgan fingerprint density at radius 2 is 1.89 bits per heavy atom. The van der Waals surface area contributed by atoms with Gasteiger partial charge in [0.05, 0.1) is 5.48 Å². The Morgan fingerprint density at radius 1 is 1.33 bits per heavy atom. The van der Waals surface area contributed by atoms with Crippen molar-refractivity contribution in [2.24, 2.45) is 0 Å². The standard InChI is InChI=1S/C7H6Cl2/c8-5-6-1-3-7(9)4-2-6/h1-4H,5H2/i1D,2D,3D,4D. The van der Waals surface area contributed by atoms with E-state index in [1.165, 1.54) is 0 Å². The van der Waals surface area contributed by atoms with Crippen LogP contribution in [0.4, 0.5) is 0 Å². The van der Waals surface area contributed by atoms with Gasteiger partial charge in [-0.2, -0.15) is 0 Å². The number of alkyl halides is 1. The zero-order chi connectivity index (χ0) is 10.2. The van der Waals surface area contributed by atoms with Crippen LogP contribution in [0.5, 0.6) is 0 Å². The van der Waals surface area contributed by atoms with Crippen molar-refractivity contribution in [2.45, 2.75) is 5.88 Å². The second kappa shape index (κ2) is 3.09. The van der Waals surface area contributed by atoms with Crippen molar-refractivity contribution in [3.8, 4) is 0 Å². The van der Waals surface area contributed by atoms with Crippen LogP contribution in [0.2, 0.25) is 5.02 Å². The van der Waals surface area contributed by atoms with Crippen LogP contribution in [0.3, 0.4) is 0 Å². The molecule has 0 nitrogen and oxygen atoms in total. The summed E-state index contributed by atoms with van der Waals surface area (Å²) in [6, 6.07) is -0.807. The van der Waals surface area contributed by atoms with Crippen LogP contribution < -0.4 is 0 Å². The third-order valence-corrected chi connectivity index (χ3v) is 1.24. The van der Waals surface area contributed by atoms with Crippen molar-refractivity contribution in [3.63, 3.8) is 0 Å². The van der Waals surface area contributed by atoms with Crippen LogP contribution in [-0.2, 0) is 5.88 Å². The molecule has 0 N–H and O–H groups in total. The van der Waals surface area contributed by atoms with Crippen molar-refractivity contribution in [1.82, 2.24) is 0 Å². The third-order valence-electron chi connectivity index (χ3n) is 0.780. The molecule has 0 saturated heterocycles. The van der Waals surface area contributed by atoms with Crippen LogP contribution in [0, 0.1) is 0 Å². The Morgan fingerprint density at radius 3 is 2.33 bits per heavy atom. The van der Waals surface area contributed by atoms with Gasteiger partial charge in [-0.05, 0) is 17.6 Å². The lowest BCUT2D eigenvalue weighted by Gasteiger charge is -1.91. The van der Waals surface area contributed by atoms with Crippen molar-refractivity contribution in [1.29, 1.82) is 0 Å². The molecule has 2 heteroatoms. The Kier molecular flexibility index (Phi) is 1.12. The number of benzene rings is 1. The summed E-state index contributed by atoms with van der Waals surface area (Å²) in [4.78, 5) is 0. The van der Waals surface area contributed by atoms with Crippen molar-refractivity contribution in [3.05, 3.63) is 34.8 Å². The van der Waals surface area contributed by atoms with Crippen molar-refractivity contribution in [2.75, 3.05) is 0 Å². The largest absolute Gasteiger partial charge is 0.122 e. The SMILES string of the molecule is [2H]c1c([2H])c(CCl)c([2H])c([2H])c1Cl. The Bertz CT molecular complexity index is 322. The molecule has 48 valence electrons. The Labute approximate surface area is 70.0 Å². The summed E-state index contributed by atoms with van der Waals surface area (Å²) in [7, 11) is 0. The maximum Gasteiger partial charge on any atom is 0.0639 e. The molecule has 0 heterocycles. The number of rotatable bonds is 1. The van der Waals surface area contributed by atoms with Gasteiger partial charge in [0.1, 0.15) is 0 Å². The zero-order valence-electron chi connectivity index (χ0n) is 8.46. The van der Waals surface area contributed by atoms with Crippen LogP contribution >= 0.6 is 23.2 Å². The molecule has 0 aromatic heterocycles. The number of hydrogen-bond donors (Lipinski definition) is 0. The van der Waals surface area contributed by atoms with Crippen LogP contribution in [0.25, 0.3) is 0 Å². The summed E-state index contributed by atoms with van der Waals surface area (Å²) in [6.07, 6.45) is 0. The second-order valence-corrected chi connectivity index (χ2v) is 2.07. The van der Waals surface area contributed by atoms with Gasteiger partial charge in [-0.25, -0.2) is 0 Å². The molecule has 0 bridgehead atoms. The summed E-state index contributed by atoms with van der Waals surface area (Å²) >= 11 is 11.0. The normalized spacial score (nSPS) is 15.8. The molecule has 0 aliphatic rings. The van der Waals surface area contributed by atoms with Gasteiger partial charge < -0.3 is 0 Å². The van der Waals surface area contributed by atoms with Gasteiger partial charge in [-0.3, -0.25) is 0 Å². The summed E-state index contributed by atoms with van der Waals surface area (Å²) in [6.45, 7) is 0. The van der Waals surface area contributed by atoms with E-state index in [1.807, 2.05) is 0 Å². The fourth-order valence-electron chi connectivity index (χ4n) is 0.390. The molecule has 0 unspecified atom stereocenters. The van der Waals surface area contributed by atoms with Crippen molar-refractivity contribution >= 4 is 23.2 Å². The molecule has 0 amide bonds. The molecule has 0 aliphatic carbocycles. The molecule has 0 fully saturated rings. The van der Waals surface area contributed by atoms with Gasteiger partial charge in [-0.15, -0.1) is 11.6 Å². The van der Waals surface area contributed by atoms with E-state index in [0.717, 1.165) is 0 Å². The molecular weight excluding hydrogens is 155 g/mol. The minimum atomic E-state index is -0.238. The van der Waals surface area contributed by atoms with Crippen LogP contribution in [0.1, 0.15) is 11.0 Å². The van der Waals surface area contributed by atoms with Crippen LogP contribution in [0.15, 0.2) is 24.2 Å². The average Bonchev–Trinajstić information content (AvgIpc) is 2.13. The van der Waals surface area contributed by atoms with Gasteiger partial charge in [0.25, 0.3) is 0 Å². The zero-order valence-corrected chi connectivity index (χ0v) is 5.97. The van der Waals surface area contributed by atoms with Gasteiger partial charge in [0.2, 0.25) is 0 Å². The summed E-state index contributed by atoms with van der Waals surface area (Å²) < 4.78 is 29.5. The highest BCUT2D eigenvalue weighted by Gasteiger charge is 1.87. The van der Waals surface area contributed by atoms with Gasteiger partial charge in [0, 0.05) is 10.9 Å². The Balaban J connectivity index is 3.56. The number of halogens is 2. The molecule has 0 atom stereocenters. The molecule has 1 aromatic rings. The minimum Gasteiger partial charge on any atom is -0.122 e. The van der Waals surface area contributed by atoms with E-state index >= 15 is 0 Å². The maximum atomic E-state index is 7.41. The fourth-order valence-corrected chi connectivity index (χ4v) is 0.618. The first-order valence-electron chi connectivity index (χ1n) is 4.31.